The maximum atomic E-state index is 11.8. The second kappa shape index (κ2) is 5.67. The van der Waals surface area contributed by atoms with Crippen LogP contribution in [0, 0.1) is 5.92 Å². The average Bonchev–Trinajstić information content (AvgIpc) is 2.90. The van der Waals surface area contributed by atoms with E-state index in [2.05, 4.69) is 12.2 Å². The van der Waals surface area contributed by atoms with Gasteiger partial charge in [0.15, 0.2) is 0 Å². The number of nitrogens with zero attached hydrogens (tertiary/aromatic N) is 1. The van der Waals surface area contributed by atoms with Gasteiger partial charge in [0.05, 0.1) is 12.7 Å². The first-order valence-electron chi connectivity index (χ1n) is 6.83. The topological polar surface area (TPSA) is 32.3 Å². The van der Waals surface area contributed by atoms with E-state index in [4.69, 9.17) is 0 Å². The molecule has 0 spiro atoms. The van der Waals surface area contributed by atoms with Gasteiger partial charge in [-0.25, -0.2) is 0 Å². The predicted molar refractivity (Wildman–Crippen MR) is 65.0 cm³/mol. The van der Waals surface area contributed by atoms with Crippen LogP contribution in [0.2, 0.25) is 0 Å². The van der Waals surface area contributed by atoms with Gasteiger partial charge in [-0.2, -0.15) is 0 Å². The third-order valence-electron chi connectivity index (χ3n) is 4.06. The SMILES string of the molecule is CCC1NCN(CCCC2CCCC2)C1=O. The molecule has 0 aromatic heterocycles. The lowest BCUT2D eigenvalue weighted by molar-refractivity contribution is -0.129. The molecule has 1 aliphatic heterocycles. The third kappa shape index (κ3) is 2.76. The molecule has 1 atom stereocenters. The molecule has 2 rings (SSSR count). The number of amides is 1. The van der Waals surface area contributed by atoms with Crippen molar-refractivity contribution in [2.75, 3.05) is 13.2 Å². The second-order valence-corrected chi connectivity index (χ2v) is 5.22. The summed E-state index contributed by atoms with van der Waals surface area (Å²) in [7, 11) is 0. The van der Waals surface area contributed by atoms with Crippen LogP contribution in [0.4, 0.5) is 0 Å². The lowest BCUT2D eigenvalue weighted by Gasteiger charge is -2.16. The Hall–Kier alpha value is -0.570. The maximum absolute atomic E-state index is 11.8. The fourth-order valence-corrected chi connectivity index (χ4v) is 2.98. The van der Waals surface area contributed by atoms with Crippen LogP contribution in [-0.4, -0.2) is 30.1 Å². The lowest BCUT2D eigenvalue weighted by atomic mass is 10.0. The Morgan fingerprint density at radius 2 is 2.12 bits per heavy atom. The van der Waals surface area contributed by atoms with Crippen molar-refractivity contribution < 1.29 is 4.79 Å². The van der Waals surface area contributed by atoms with Gasteiger partial charge in [0.1, 0.15) is 0 Å². The highest BCUT2D eigenvalue weighted by Crippen LogP contribution is 2.28. The summed E-state index contributed by atoms with van der Waals surface area (Å²) in [6, 6.07) is 0.0893. The zero-order valence-electron chi connectivity index (χ0n) is 10.4. The Kier molecular flexibility index (Phi) is 4.22. The Labute approximate surface area is 98.6 Å². The van der Waals surface area contributed by atoms with Crippen LogP contribution in [0.5, 0.6) is 0 Å². The molecule has 2 aliphatic rings. The molecular formula is C13H24N2O. The van der Waals surface area contributed by atoms with Gasteiger partial charge >= 0.3 is 0 Å². The summed E-state index contributed by atoms with van der Waals surface area (Å²) in [5.41, 5.74) is 0. The van der Waals surface area contributed by atoms with E-state index in [-0.39, 0.29) is 6.04 Å². The van der Waals surface area contributed by atoms with E-state index < -0.39 is 0 Å². The van der Waals surface area contributed by atoms with Gasteiger partial charge in [0.25, 0.3) is 0 Å². The molecule has 1 N–H and O–H groups in total. The first-order valence-corrected chi connectivity index (χ1v) is 6.83. The Morgan fingerprint density at radius 1 is 1.38 bits per heavy atom. The largest absolute Gasteiger partial charge is 0.329 e. The molecular weight excluding hydrogens is 200 g/mol. The molecule has 3 heteroatoms. The molecule has 16 heavy (non-hydrogen) atoms. The molecule has 0 radical (unpaired) electrons. The Morgan fingerprint density at radius 3 is 2.75 bits per heavy atom. The van der Waals surface area contributed by atoms with E-state index in [1.54, 1.807) is 0 Å². The average molecular weight is 224 g/mol. The molecule has 0 aromatic carbocycles. The van der Waals surface area contributed by atoms with E-state index in [0.29, 0.717) is 5.91 Å². The molecule has 1 unspecified atom stereocenters. The number of carbonyl (C=O) groups excluding carboxylic acids is 1. The normalized spacial score (nSPS) is 26.9. The standard InChI is InChI=1S/C13H24N2O/c1-2-12-13(16)15(10-14-12)9-5-8-11-6-3-4-7-11/h11-12,14H,2-10H2,1H3. The van der Waals surface area contributed by atoms with Gasteiger partial charge in [-0.15, -0.1) is 0 Å². The molecule has 1 saturated heterocycles. The van der Waals surface area contributed by atoms with Crippen LogP contribution >= 0.6 is 0 Å². The van der Waals surface area contributed by atoms with Crippen molar-refractivity contribution in [3.63, 3.8) is 0 Å². The molecule has 0 bridgehead atoms. The van der Waals surface area contributed by atoms with Crippen molar-refractivity contribution in [1.29, 1.82) is 0 Å². The molecule has 1 amide bonds. The zero-order valence-corrected chi connectivity index (χ0v) is 10.4. The molecule has 1 saturated carbocycles. The highest BCUT2D eigenvalue weighted by Gasteiger charge is 2.28. The van der Waals surface area contributed by atoms with Gasteiger partial charge in [-0.05, 0) is 25.2 Å². The minimum absolute atomic E-state index is 0.0893. The van der Waals surface area contributed by atoms with Gasteiger partial charge in [-0.1, -0.05) is 32.6 Å². The van der Waals surface area contributed by atoms with Crippen molar-refractivity contribution in [1.82, 2.24) is 10.2 Å². The van der Waals surface area contributed by atoms with Crippen LogP contribution in [0.3, 0.4) is 0 Å². The van der Waals surface area contributed by atoms with Crippen molar-refractivity contribution in [2.45, 2.75) is 57.9 Å². The number of hydrogen-bond donors (Lipinski definition) is 1. The monoisotopic (exact) mass is 224 g/mol. The quantitative estimate of drug-likeness (QED) is 0.776. The van der Waals surface area contributed by atoms with Crippen molar-refractivity contribution in [3.05, 3.63) is 0 Å². The number of rotatable bonds is 5. The Balaban J connectivity index is 1.64. The van der Waals surface area contributed by atoms with E-state index in [1.807, 2.05) is 4.90 Å². The minimum atomic E-state index is 0.0893. The zero-order chi connectivity index (χ0) is 11.4. The van der Waals surface area contributed by atoms with Crippen molar-refractivity contribution in [3.8, 4) is 0 Å². The van der Waals surface area contributed by atoms with Crippen molar-refractivity contribution in [2.24, 2.45) is 5.92 Å². The van der Waals surface area contributed by atoms with Gasteiger partial charge < -0.3 is 4.90 Å². The molecule has 3 nitrogen and oxygen atoms in total. The highest BCUT2D eigenvalue weighted by molar-refractivity contribution is 5.83. The fourth-order valence-electron chi connectivity index (χ4n) is 2.98. The number of hydrogen-bond acceptors (Lipinski definition) is 2. The second-order valence-electron chi connectivity index (χ2n) is 5.22. The highest BCUT2D eigenvalue weighted by atomic mass is 16.2. The summed E-state index contributed by atoms with van der Waals surface area (Å²) >= 11 is 0. The fraction of sp³-hybridized carbons (Fsp3) is 0.923. The number of carbonyl (C=O) groups is 1. The lowest BCUT2D eigenvalue weighted by Crippen LogP contribution is -2.30. The van der Waals surface area contributed by atoms with Gasteiger partial charge in [0, 0.05) is 6.54 Å². The Bertz CT molecular complexity index is 236. The first-order chi connectivity index (χ1) is 7.81. The van der Waals surface area contributed by atoms with Crippen molar-refractivity contribution >= 4 is 5.91 Å². The summed E-state index contributed by atoms with van der Waals surface area (Å²) < 4.78 is 0. The molecule has 92 valence electrons. The predicted octanol–water partition coefficient (Wildman–Crippen LogP) is 2.12. The summed E-state index contributed by atoms with van der Waals surface area (Å²) in [5.74, 6) is 1.27. The molecule has 0 aromatic rings. The van der Waals surface area contributed by atoms with Crippen LogP contribution in [0.1, 0.15) is 51.9 Å². The van der Waals surface area contributed by atoms with Crippen LogP contribution in [0.15, 0.2) is 0 Å². The first kappa shape index (κ1) is 11.9. The molecule has 1 aliphatic carbocycles. The summed E-state index contributed by atoms with van der Waals surface area (Å²) in [6.07, 6.45) is 9.11. The molecule has 1 heterocycles. The summed E-state index contributed by atoms with van der Waals surface area (Å²) in [6.45, 7) is 3.79. The van der Waals surface area contributed by atoms with Crippen LogP contribution < -0.4 is 5.32 Å². The van der Waals surface area contributed by atoms with Gasteiger partial charge in [-0.3, -0.25) is 10.1 Å². The third-order valence-corrected chi connectivity index (χ3v) is 4.06. The van der Waals surface area contributed by atoms with Gasteiger partial charge in [0.2, 0.25) is 5.91 Å². The van der Waals surface area contributed by atoms with Crippen LogP contribution in [-0.2, 0) is 4.79 Å². The van der Waals surface area contributed by atoms with Crippen LogP contribution in [0.25, 0.3) is 0 Å². The summed E-state index contributed by atoms with van der Waals surface area (Å²) in [4.78, 5) is 13.8. The summed E-state index contributed by atoms with van der Waals surface area (Å²) in [5, 5.41) is 3.26. The number of nitrogens with one attached hydrogen (secondary N) is 1. The minimum Gasteiger partial charge on any atom is -0.329 e. The van der Waals surface area contributed by atoms with E-state index in [0.717, 1.165) is 25.6 Å². The van der Waals surface area contributed by atoms with E-state index in [9.17, 15) is 4.79 Å². The maximum Gasteiger partial charge on any atom is 0.240 e. The van der Waals surface area contributed by atoms with E-state index >= 15 is 0 Å². The smallest absolute Gasteiger partial charge is 0.240 e. The molecule has 2 fully saturated rings. The van der Waals surface area contributed by atoms with E-state index in [1.165, 1.54) is 38.5 Å².